The van der Waals surface area contributed by atoms with Crippen molar-refractivity contribution >= 4 is 5.91 Å². The summed E-state index contributed by atoms with van der Waals surface area (Å²) in [4.78, 5) is 15.2. The number of hydrogen-bond acceptors (Lipinski definition) is 4. The van der Waals surface area contributed by atoms with E-state index in [1.807, 2.05) is 37.3 Å². The predicted octanol–water partition coefficient (Wildman–Crippen LogP) is 4.96. The number of aromatic nitrogens is 1. The number of aryl methyl sites for hydroxylation is 1. The summed E-state index contributed by atoms with van der Waals surface area (Å²) in [7, 11) is 0. The van der Waals surface area contributed by atoms with Crippen LogP contribution in [0.15, 0.2) is 47.0 Å². The molecule has 0 spiro atoms. The van der Waals surface area contributed by atoms with E-state index in [2.05, 4.69) is 5.16 Å². The number of amides is 1. The first-order valence-corrected chi connectivity index (χ1v) is 10.6. The first-order chi connectivity index (χ1) is 14.7. The Hall–Kier alpha value is -2.99. The zero-order valence-corrected chi connectivity index (χ0v) is 17.9. The third-order valence-corrected chi connectivity index (χ3v) is 6.24. The normalized spacial score (nSPS) is 17.2. The summed E-state index contributed by atoms with van der Waals surface area (Å²) >= 11 is 0. The van der Waals surface area contributed by atoms with Crippen LogP contribution in [0.3, 0.4) is 0 Å². The monoisotopic (exact) mass is 420 g/mol. The number of carbonyl (C=O) groups excluding carboxylic acids is 1. The third kappa shape index (κ3) is 3.55. The highest BCUT2D eigenvalue weighted by Crippen LogP contribution is 2.44. The Balaban J connectivity index is 1.53. The van der Waals surface area contributed by atoms with Crippen molar-refractivity contribution in [3.8, 4) is 22.5 Å². The summed E-state index contributed by atoms with van der Waals surface area (Å²) in [5, 5.41) is 14.7. The maximum absolute atomic E-state index is 14.5. The number of rotatable bonds is 5. The van der Waals surface area contributed by atoms with Gasteiger partial charge in [0.15, 0.2) is 5.76 Å². The molecule has 160 valence electrons. The van der Waals surface area contributed by atoms with Crippen LogP contribution in [0.5, 0.6) is 0 Å². The average molecular weight is 420 g/mol. The molecule has 31 heavy (non-hydrogen) atoms. The number of aliphatic hydroxyl groups is 1. The molecule has 0 bridgehead atoms. The molecule has 1 fully saturated rings. The second-order valence-corrected chi connectivity index (χ2v) is 9.27. The zero-order chi connectivity index (χ0) is 21.9. The maximum atomic E-state index is 14.5. The fraction of sp³-hybridized carbons (Fsp3) is 0.360. The molecule has 2 aliphatic rings. The molecule has 1 atom stereocenters. The standard InChI is InChI=1S/C25H25FN2O3/c1-14-10-21(31-27-14)16-6-4-15(5-7-16)20-12-19(26)11-18-13-28(24(29)22(18)20)23(17-8-9-17)25(2,3)30/h4-7,10-12,17,23,30H,8-9,13H2,1-3H3/t23-/m1/s1. The van der Waals surface area contributed by atoms with E-state index in [1.54, 1.807) is 18.7 Å². The highest BCUT2D eigenvalue weighted by Gasteiger charge is 2.48. The van der Waals surface area contributed by atoms with E-state index < -0.39 is 5.60 Å². The largest absolute Gasteiger partial charge is 0.388 e. The first kappa shape index (κ1) is 19.9. The molecule has 0 radical (unpaired) electrons. The molecule has 5 nitrogen and oxygen atoms in total. The summed E-state index contributed by atoms with van der Waals surface area (Å²) < 4.78 is 19.8. The van der Waals surface area contributed by atoms with Gasteiger partial charge in [-0.3, -0.25) is 4.79 Å². The van der Waals surface area contributed by atoms with E-state index in [0.29, 0.717) is 29.0 Å². The molecule has 0 saturated heterocycles. The molecule has 1 aliphatic carbocycles. The van der Waals surface area contributed by atoms with Crippen LogP contribution in [0.2, 0.25) is 0 Å². The number of halogens is 1. The van der Waals surface area contributed by atoms with Crippen LogP contribution < -0.4 is 0 Å². The Morgan fingerprint density at radius 3 is 2.42 bits per heavy atom. The van der Waals surface area contributed by atoms with Gasteiger partial charge in [0.05, 0.1) is 22.9 Å². The average Bonchev–Trinajstić information content (AvgIpc) is 3.35. The van der Waals surface area contributed by atoms with Crippen molar-refractivity contribution in [1.29, 1.82) is 0 Å². The molecule has 1 N–H and O–H groups in total. The van der Waals surface area contributed by atoms with Crippen LogP contribution in [0.25, 0.3) is 22.5 Å². The maximum Gasteiger partial charge on any atom is 0.255 e. The van der Waals surface area contributed by atoms with Crippen molar-refractivity contribution in [3.05, 3.63) is 65.1 Å². The Morgan fingerprint density at radius 2 is 1.84 bits per heavy atom. The van der Waals surface area contributed by atoms with E-state index in [9.17, 15) is 14.3 Å². The number of benzene rings is 2. The van der Waals surface area contributed by atoms with Crippen LogP contribution >= 0.6 is 0 Å². The van der Waals surface area contributed by atoms with Gasteiger partial charge >= 0.3 is 0 Å². The van der Waals surface area contributed by atoms with Gasteiger partial charge in [0.25, 0.3) is 5.91 Å². The fourth-order valence-electron chi connectivity index (χ4n) is 4.83. The van der Waals surface area contributed by atoms with Crippen LogP contribution in [0, 0.1) is 18.7 Å². The molecule has 2 aromatic carbocycles. The van der Waals surface area contributed by atoms with Gasteiger partial charge in [0.2, 0.25) is 0 Å². The SMILES string of the molecule is Cc1cc(-c2ccc(-c3cc(F)cc4c3C(=O)N([C@H](C3CC3)C(C)(C)O)C4)cc2)on1. The molecule has 1 aromatic heterocycles. The summed E-state index contributed by atoms with van der Waals surface area (Å²) in [6.45, 7) is 5.67. The van der Waals surface area contributed by atoms with Crippen LogP contribution in [0.4, 0.5) is 4.39 Å². The summed E-state index contributed by atoms with van der Waals surface area (Å²) in [6.07, 6.45) is 2.00. The van der Waals surface area contributed by atoms with Gasteiger partial charge in [0.1, 0.15) is 5.82 Å². The van der Waals surface area contributed by atoms with Crippen molar-refractivity contribution in [1.82, 2.24) is 10.1 Å². The smallest absolute Gasteiger partial charge is 0.255 e. The third-order valence-electron chi connectivity index (χ3n) is 6.24. The second kappa shape index (κ2) is 7.02. The van der Waals surface area contributed by atoms with E-state index in [4.69, 9.17) is 4.52 Å². The van der Waals surface area contributed by atoms with Crippen LogP contribution in [-0.4, -0.2) is 32.7 Å². The fourth-order valence-corrected chi connectivity index (χ4v) is 4.83. The Morgan fingerprint density at radius 1 is 1.16 bits per heavy atom. The molecular weight excluding hydrogens is 395 g/mol. The molecule has 1 aliphatic heterocycles. The molecule has 3 aromatic rings. The molecule has 2 heterocycles. The van der Waals surface area contributed by atoms with E-state index >= 15 is 0 Å². The van der Waals surface area contributed by atoms with Gasteiger partial charge in [-0.2, -0.15) is 0 Å². The lowest BCUT2D eigenvalue weighted by molar-refractivity contribution is -0.0224. The zero-order valence-electron chi connectivity index (χ0n) is 17.9. The van der Waals surface area contributed by atoms with Gasteiger partial charge in [-0.25, -0.2) is 4.39 Å². The van der Waals surface area contributed by atoms with E-state index in [-0.39, 0.29) is 23.7 Å². The lowest BCUT2D eigenvalue weighted by atomic mass is 9.92. The van der Waals surface area contributed by atoms with Crippen LogP contribution in [0.1, 0.15) is 48.3 Å². The van der Waals surface area contributed by atoms with E-state index in [0.717, 1.165) is 29.7 Å². The van der Waals surface area contributed by atoms with Crippen molar-refractivity contribution in [3.63, 3.8) is 0 Å². The number of fused-ring (bicyclic) bond motifs is 1. The quantitative estimate of drug-likeness (QED) is 0.633. The van der Waals surface area contributed by atoms with Crippen molar-refractivity contribution < 1.29 is 18.8 Å². The summed E-state index contributed by atoms with van der Waals surface area (Å²) in [5.41, 5.74) is 3.18. The van der Waals surface area contributed by atoms with Crippen molar-refractivity contribution in [2.24, 2.45) is 5.92 Å². The number of hydrogen-bond donors (Lipinski definition) is 1. The Bertz CT molecular complexity index is 1160. The minimum atomic E-state index is -1.02. The van der Waals surface area contributed by atoms with Gasteiger partial charge in [-0.1, -0.05) is 29.4 Å². The van der Waals surface area contributed by atoms with Crippen molar-refractivity contribution in [2.75, 3.05) is 0 Å². The highest BCUT2D eigenvalue weighted by molar-refractivity contribution is 6.05. The number of carbonyl (C=O) groups is 1. The van der Waals surface area contributed by atoms with Crippen molar-refractivity contribution in [2.45, 2.75) is 51.8 Å². The lowest BCUT2D eigenvalue weighted by Gasteiger charge is -2.37. The summed E-state index contributed by atoms with van der Waals surface area (Å²) in [6, 6.07) is 11.9. The van der Waals surface area contributed by atoms with Crippen LogP contribution in [-0.2, 0) is 6.54 Å². The second-order valence-electron chi connectivity index (χ2n) is 9.27. The predicted molar refractivity (Wildman–Crippen MR) is 115 cm³/mol. The highest BCUT2D eigenvalue weighted by atomic mass is 19.1. The lowest BCUT2D eigenvalue weighted by Crippen LogP contribution is -2.51. The minimum Gasteiger partial charge on any atom is -0.388 e. The Kier molecular flexibility index (Phi) is 4.52. The van der Waals surface area contributed by atoms with Gasteiger partial charge in [0, 0.05) is 18.2 Å². The molecule has 6 heteroatoms. The molecular formula is C25H25FN2O3. The number of nitrogens with zero attached hydrogens (tertiary/aromatic N) is 2. The molecule has 5 rings (SSSR count). The Labute approximate surface area is 180 Å². The van der Waals surface area contributed by atoms with Gasteiger partial charge < -0.3 is 14.5 Å². The minimum absolute atomic E-state index is 0.140. The first-order valence-electron chi connectivity index (χ1n) is 10.6. The molecule has 1 amide bonds. The topological polar surface area (TPSA) is 66.6 Å². The summed E-state index contributed by atoms with van der Waals surface area (Å²) in [5.74, 6) is 0.438. The van der Waals surface area contributed by atoms with Gasteiger partial charge in [-0.15, -0.1) is 0 Å². The molecule has 1 saturated carbocycles. The van der Waals surface area contributed by atoms with E-state index in [1.165, 1.54) is 12.1 Å². The molecule has 0 unspecified atom stereocenters. The van der Waals surface area contributed by atoms with Gasteiger partial charge in [-0.05, 0) is 68.4 Å².